The molecule has 0 aliphatic carbocycles. The second-order valence-electron chi connectivity index (χ2n) is 5.38. The van der Waals surface area contributed by atoms with Gasteiger partial charge in [0.15, 0.2) is 0 Å². The number of hydrogen-bond acceptors (Lipinski definition) is 2. The zero-order chi connectivity index (χ0) is 13.9. The van der Waals surface area contributed by atoms with Gasteiger partial charge in [0.05, 0.1) is 0 Å². The van der Waals surface area contributed by atoms with E-state index >= 15 is 0 Å². The molecule has 0 radical (unpaired) electrons. The number of benzene rings is 1. The Morgan fingerprint density at radius 1 is 1.28 bits per heavy atom. The highest BCUT2D eigenvalue weighted by Gasteiger charge is 2.16. The first-order valence-electron chi connectivity index (χ1n) is 6.67. The molecule has 2 N–H and O–H groups in total. The second kappa shape index (κ2) is 6.19. The number of hydrogen-bond donors (Lipinski definition) is 1. The molecule has 0 aliphatic rings. The summed E-state index contributed by atoms with van der Waals surface area (Å²) < 4.78 is 13.7. The molecule has 0 saturated heterocycles. The van der Waals surface area contributed by atoms with Crippen LogP contribution in [0.5, 0.6) is 0 Å². The summed E-state index contributed by atoms with van der Waals surface area (Å²) in [6.07, 6.45) is 0. The summed E-state index contributed by atoms with van der Waals surface area (Å²) in [6, 6.07) is 3.34. The first-order valence-corrected chi connectivity index (χ1v) is 6.67. The lowest BCUT2D eigenvalue weighted by atomic mass is 10.0. The van der Waals surface area contributed by atoms with E-state index in [0.29, 0.717) is 11.5 Å². The standard InChI is InChI=1S/C15H25FN2/c1-6-18(9-10(2)3)15-7-11(4)14(16)8-13(15)12(5)17/h7-8,10,12H,6,9,17H2,1-5H3/t12-/m0/s1. The van der Waals surface area contributed by atoms with Crippen molar-refractivity contribution in [3.63, 3.8) is 0 Å². The Labute approximate surface area is 110 Å². The van der Waals surface area contributed by atoms with Crippen molar-refractivity contribution in [2.45, 2.75) is 40.7 Å². The summed E-state index contributed by atoms with van der Waals surface area (Å²) in [7, 11) is 0. The molecule has 2 nitrogen and oxygen atoms in total. The summed E-state index contributed by atoms with van der Waals surface area (Å²) >= 11 is 0. The Balaban J connectivity index is 3.22. The molecular weight excluding hydrogens is 227 g/mol. The van der Waals surface area contributed by atoms with Gasteiger partial charge in [-0.2, -0.15) is 0 Å². The summed E-state index contributed by atoms with van der Waals surface area (Å²) in [5.41, 5.74) is 8.60. The molecule has 0 heterocycles. The van der Waals surface area contributed by atoms with Crippen molar-refractivity contribution in [2.24, 2.45) is 11.7 Å². The monoisotopic (exact) mass is 252 g/mol. The molecule has 102 valence electrons. The molecule has 3 heteroatoms. The van der Waals surface area contributed by atoms with Gasteiger partial charge in [-0.15, -0.1) is 0 Å². The van der Waals surface area contributed by atoms with E-state index in [0.717, 1.165) is 24.3 Å². The molecular formula is C15H25FN2. The van der Waals surface area contributed by atoms with Crippen LogP contribution in [0.3, 0.4) is 0 Å². The number of anilines is 1. The highest BCUT2D eigenvalue weighted by molar-refractivity contribution is 5.57. The number of aryl methyl sites for hydroxylation is 1. The van der Waals surface area contributed by atoms with Gasteiger partial charge in [-0.05, 0) is 49.9 Å². The Hall–Kier alpha value is -1.09. The van der Waals surface area contributed by atoms with E-state index in [9.17, 15) is 4.39 Å². The van der Waals surface area contributed by atoms with Gasteiger partial charge in [-0.3, -0.25) is 0 Å². The van der Waals surface area contributed by atoms with Crippen LogP contribution in [-0.4, -0.2) is 13.1 Å². The fourth-order valence-electron chi connectivity index (χ4n) is 2.16. The highest BCUT2D eigenvalue weighted by atomic mass is 19.1. The Morgan fingerprint density at radius 2 is 1.89 bits per heavy atom. The van der Waals surface area contributed by atoms with Crippen LogP contribution in [0.25, 0.3) is 0 Å². The Kier molecular flexibility index (Phi) is 5.15. The van der Waals surface area contributed by atoms with Crippen molar-refractivity contribution in [3.05, 3.63) is 29.1 Å². The van der Waals surface area contributed by atoms with Crippen molar-refractivity contribution >= 4 is 5.69 Å². The van der Waals surface area contributed by atoms with Crippen molar-refractivity contribution in [2.75, 3.05) is 18.0 Å². The molecule has 1 rings (SSSR count). The predicted octanol–water partition coefficient (Wildman–Crippen LogP) is 3.64. The van der Waals surface area contributed by atoms with E-state index in [-0.39, 0.29) is 11.9 Å². The Morgan fingerprint density at radius 3 is 2.33 bits per heavy atom. The lowest BCUT2D eigenvalue weighted by Gasteiger charge is -2.29. The molecule has 0 spiro atoms. The molecule has 1 aromatic rings. The van der Waals surface area contributed by atoms with Crippen LogP contribution in [0.2, 0.25) is 0 Å². The number of rotatable bonds is 5. The molecule has 1 atom stereocenters. The summed E-state index contributed by atoms with van der Waals surface area (Å²) in [6.45, 7) is 12.1. The molecule has 0 aliphatic heterocycles. The van der Waals surface area contributed by atoms with E-state index in [4.69, 9.17) is 5.73 Å². The third kappa shape index (κ3) is 3.45. The lowest BCUT2D eigenvalue weighted by molar-refractivity contribution is 0.602. The molecule has 0 bridgehead atoms. The minimum Gasteiger partial charge on any atom is -0.371 e. The average molecular weight is 252 g/mol. The van der Waals surface area contributed by atoms with Gasteiger partial charge in [0.25, 0.3) is 0 Å². The summed E-state index contributed by atoms with van der Waals surface area (Å²) in [5, 5.41) is 0. The van der Waals surface area contributed by atoms with Crippen LogP contribution in [0, 0.1) is 18.7 Å². The zero-order valence-electron chi connectivity index (χ0n) is 12.1. The van der Waals surface area contributed by atoms with Crippen molar-refractivity contribution in [1.82, 2.24) is 0 Å². The van der Waals surface area contributed by atoms with Gasteiger partial charge in [0.2, 0.25) is 0 Å². The van der Waals surface area contributed by atoms with Crippen LogP contribution >= 0.6 is 0 Å². The van der Waals surface area contributed by atoms with Crippen LogP contribution in [0.1, 0.15) is 44.9 Å². The molecule has 18 heavy (non-hydrogen) atoms. The molecule has 0 saturated carbocycles. The SMILES string of the molecule is CCN(CC(C)C)c1cc(C)c(F)cc1[C@H](C)N. The minimum absolute atomic E-state index is 0.156. The van der Waals surface area contributed by atoms with Gasteiger partial charge < -0.3 is 10.6 Å². The van der Waals surface area contributed by atoms with Gasteiger partial charge in [0.1, 0.15) is 5.82 Å². The van der Waals surface area contributed by atoms with Crippen molar-refractivity contribution < 1.29 is 4.39 Å². The largest absolute Gasteiger partial charge is 0.371 e. The lowest BCUT2D eigenvalue weighted by Crippen LogP contribution is -2.29. The summed E-state index contributed by atoms with van der Waals surface area (Å²) in [5.74, 6) is 0.392. The molecule has 1 aromatic carbocycles. The van der Waals surface area contributed by atoms with Crippen molar-refractivity contribution in [3.8, 4) is 0 Å². The van der Waals surface area contributed by atoms with Gasteiger partial charge >= 0.3 is 0 Å². The van der Waals surface area contributed by atoms with Crippen LogP contribution in [-0.2, 0) is 0 Å². The molecule has 0 aromatic heterocycles. The fraction of sp³-hybridized carbons (Fsp3) is 0.600. The van der Waals surface area contributed by atoms with Gasteiger partial charge in [0, 0.05) is 24.8 Å². The quantitative estimate of drug-likeness (QED) is 0.867. The van der Waals surface area contributed by atoms with Gasteiger partial charge in [-0.25, -0.2) is 4.39 Å². The third-order valence-corrected chi connectivity index (χ3v) is 3.11. The smallest absolute Gasteiger partial charge is 0.126 e. The maximum atomic E-state index is 13.7. The maximum absolute atomic E-state index is 13.7. The average Bonchev–Trinajstić information content (AvgIpc) is 2.28. The van der Waals surface area contributed by atoms with Crippen LogP contribution in [0.4, 0.5) is 10.1 Å². The van der Waals surface area contributed by atoms with E-state index < -0.39 is 0 Å². The summed E-state index contributed by atoms with van der Waals surface area (Å²) in [4.78, 5) is 2.27. The molecule has 0 amide bonds. The fourth-order valence-corrected chi connectivity index (χ4v) is 2.16. The Bertz CT molecular complexity index is 400. The second-order valence-corrected chi connectivity index (χ2v) is 5.38. The predicted molar refractivity (Wildman–Crippen MR) is 76.5 cm³/mol. The first kappa shape index (κ1) is 15.0. The van der Waals surface area contributed by atoms with E-state index in [1.54, 1.807) is 13.0 Å². The number of halogens is 1. The van der Waals surface area contributed by atoms with Crippen LogP contribution in [0.15, 0.2) is 12.1 Å². The third-order valence-electron chi connectivity index (χ3n) is 3.11. The normalized spacial score (nSPS) is 12.9. The first-order chi connectivity index (χ1) is 8.36. The van der Waals surface area contributed by atoms with Crippen LogP contribution < -0.4 is 10.6 Å². The van der Waals surface area contributed by atoms with Crippen molar-refractivity contribution in [1.29, 1.82) is 0 Å². The number of nitrogens with two attached hydrogens (primary N) is 1. The highest BCUT2D eigenvalue weighted by Crippen LogP contribution is 2.28. The molecule has 0 fully saturated rings. The van der Waals surface area contributed by atoms with E-state index in [1.165, 1.54) is 0 Å². The van der Waals surface area contributed by atoms with E-state index in [1.807, 2.05) is 13.0 Å². The maximum Gasteiger partial charge on any atom is 0.126 e. The molecule has 0 unspecified atom stereocenters. The zero-order valence-corrected chi connectivity index (χ0v) is 12.1. The topological polar surface area (TPSA) is 29.3 Å². The number of nitrogens with zero attached hydrogens (tertiary/aromatic N) is 1. The van der Waals surface area contributed by atoms with Gasteiger partial charge in [-0.1, -0.05) is 13.8 Å². The minimum atomic E-state index is -0.174. The van der Waals surface area contributed by atoms with E-state index in [2.05, 4.69) is 25.7 Å².